The maximum absolute atomic E-state index is 12.6. The van der Waals surface area contributed by atoms with Crippen LogP contribution in [0.4, 0.5) is 0 Å². The molecule has 0 spiro atoms. The second-order valence-corrected chi connectivity index (χ2v) is 5.66. The van der Waals surface area contributed by atoms with Crippen molar-refractivity contribution in [3.8, 4) is 0 Å². The third-order valence-electron chi connectivity index (χ3n) is 4.49. The van der Waals surface area contributed by atoms with Crippen LogP contribution < -0.4 is 0 Å². The SMILES string of the molecule is O=Cc1ccc2c(c1)CCC2N1C(=O)c2ccccc2C1=O. The highest BCUT2D eigenvalue weighted by Gasteiger charge is 2.42. The number of carbonyl (C=O) groups is 3. The van der Waals surface area contributed by atoms with Crippen molar-refractivity contribution >= 4 is 18.1 Å². The molecule has 0 saturated heterocycles. The lowest BCUT2D eigenvalue weighted by Gasteiger charge is -2.23. The summed E-state index contributed by atoms with van der Waals surface area (Å²) in [6.45, 7) is 0. The zero-order chi connectivity index (χ0) is 15.3. The lowest BCUT2D eigenvalue weighted by atomic mass is 10.0. The van der Waals surface area contributed by atoms with Gasteiger partial charge in [-0.1, -0.05) is 24.3 Å². The van der Waals surface area contributed by atoms with Crippen LogP contribution in [0.15, 0.2) is 42.5 Å². The van der Waals surface area contributed by atoms with Crippen molar-refractivity contribution in [1.29, 1.82) is 0 Å². The van der Waals surface area contributed by atoms with Crippen molar-refractivity contribution in [2.75, 3.05) is 0 Å². The molecule has 22 heavy (non-hydrogen) atoms. The summed E-state index contributed by atoms with van der Waals surface area (Å²) in [7, 11) is 0. The van der Waals surface area contributed by atoms with Crippen molar-refractivity contribution in [3.63, 3.8) is 0 Å². The van der Waals surface area contributed by atoms with Crippen molar-refractivity contribution in [2.45, 2.75) is 18.9 Å². The predicted molar refractivity (Wildman–Crippen MR) is 79.8 cm³/mol. The fraction of sp³-hybridized carbons (Fsp3) is 0.167. The summed E-state index contributed by atoms with van der Waals surface area (Å²) in [4.78, 5) is 37.4. The molecule has 0 aromatic heterocycles. The molecular formula is C18H13NO3. The summed E-state index contributed by atoms with van der Waals surface area (Å²) in [5, 5.41) is 0. The Kier molecular flexibility index (Phi) is 2.73. The van der Waals surface area contributed by atoms with E-state index in [4.69, 9.17) is 0 Å². The molecule has 0 saturated carbocycles. The first-order chi connectivity index (χ1) is 10.7. The Balaban J connectivity index is 1.76. The number of aryl methyl sites for hydroxylation is 1. The molecule has 2 aliphatic rings. The highest BCUT2D eigenvalue weighted by atomic mass is 16.2. The average molecular weight is 291 g/mol. The lowest BCUT2D eigenvalue weighted by Crippen LogP contribution is -2.33. The second kappa shape index (κ2) is 4.63. The van der Waals surface area contributed by atoms with E-state index in [2.05, 4.69) is 0 Å². The van der Waals surface area contributed by atoms with Crippen LogP contribution in [0.1, 0.15) is 54.7 Å². The number of imide groups is 1. The second-order valence-electron chi connectivity index (χ2n) is 5.66. The van der Waals surface area contributed by atoms with Crippen LogP contribution in [0.3, 0.4) is 0 Å². The monoisotopic (exact) mass is 291 g/mol. The van der Waals surface area contributed by atoms with Gasteiger partial charge in [-0.25, -0.2) is 0 Å². The molecule has 1 heterocycles. The fourth-order valence-corrected chi connectivity index (χ4v) is 3.45. The molecule has 4 heteroatoms. The van der Waals surface area contributed by atoms with Gasteiger partial charge in [0.25, 0.3) is 11.8 Å². The minimum atomic E-state index is -0.233. The Hall–Kier alpha value is -2.75. The van der Waals surface area contributed by atoms with Gasteiger partial charge in [-0.15, -0.1) is 0 Å². The Morgan fingerprint density at radius 2 is 1.68 bits per heavy atom. The molecule has 4 nitrogen and oxygen atoms in total. The molecule has 4 rings (SSSR count). The molecule has 1 unspecified atom stereocenters. The van der Waals surface area contributed by atoms with Crippen LogP contribution >= 0.6 is 0 Å². The quantitative estimate of drug-likeness (QED) is 0.631. The lowest BCUT2D eigenvalue weighted by molar-refractivity contribution is 0.0582. The molecule has 0 N–H and O–H groups in total. The Bertz CT molecular complexity index is 790. The molecule has 0 fully saturated rings. The van der Waals surface area contributed by atoms with Crippen molar-refractivity contribution in [2.24, 2.45) is 0 Å². The maximum atomic E-state index is 12.6. The van der Waals surface area contributed by atoms with Gasteiger partial charge in [0.15, 0.2) is 0 Å². The summed E-state index contributed by atoms with van der Waals surface area (Å²) in [6, 6.07) is 12.1. The summed E-state index contributed by atoms with van der Waals surface area (Å²) >= 11 is 0. The highest BCUT2D eigenvalue weighted by molar-refractivity contribution is 6.21. The Morgan fingerprint density at radius 1 is 1.00 bits per heavy atom. The molecular weight excluding hydrogens is 278 g/mol. The van der Waals surface area contributed by atoms with Gasteiger partial charge in [0, 0.05) is 5.56 Å². The zero-order valence-corrected chi connectivity index (χ0v) is 11.8. The van der Waals surface area contributed by atoms with E-state index in [0.29, 0.717) is 23.1 Å². The third kappa shape index (κ3) is 1.67. The molecule has 2 aromatic rings. The summed E-state index contributed by atoms with van der Waals surface area (Å²) < 4.78 is 0. The minimum Gasteiger partial charge on any atom is -0.298 e. The molecule has 0 radical (unpaired) electrons. The summed E-state index contributed by atoms with van der Waals surface area (Å²) in [6.07, 6.45) is 2.30. The van der Waals surface area contributed by atoms with Crippen LogP contribution in [-0.2, 0) is 6.42 Å². The van der Waals surface area contributed by atoms with Crippen LogP contribution in [0, 0.1) is 0 Å². The molecule has 1 aliphatic carbocycles. The topological polar surface area (TPSA) is 54.5 Å². The molecule has 108 valence electrons. The van der Waals surface area contributed by atoms with Crippen LogP contribution in [-0.4, -0.2) is 23.0 Å². The standard InChI is InChI=1S/C18H13NO3/c20-10-11-5-7-13-12(9-11)6-8-16(13)19-17(21)14-3-1-2-4-15(14)18(19)22/h1-5,7,9-10,16H,6,8H2. The number of fused-ring (bicyclic) bond motifs is 2. The van der Waals surface area contributed by atoms with Crippen LogP contribution in [0.25, 0.3) is 0 Å². The van der Waals surface area contributed by atoms with Crippen molar-refractivity contribution in [1.82, 2.24) is 4.90 Å². The van der Waals surface area contributed by atoms with Gasteiger partial charge in [-0.3, -0.25) is 19.3 Å². The van der Waals surface area contributed by atoms with E-state index >= 15 is 0 Å². The number of hydrogen-bond donors (Lipinski definition) is 0. The first-order valence-corrected chi connectivity index (χ1v) is 7.25. The molecule has 1 atom stereocenters. The largest absolute Gasteiger partial charge is 0.298 e. The van der Waals surface area contributed by atoms with E-state index in [1.54, 1.807) is 30.3 Å². The number of amides is 2. The van der Waals surface area contributed by atoms with E-state index in [1.807, 2.05) is 12.1 Å². The number of hydrogen-bond acceptors (Lipinski definition) is 3. The fourth-order valence-electron chi connectivity index (χ4n) is 3.45. The van der Waals surface area contributed by atoms with Gasteiger partial charge in [0.05, 0.1) is 17.2 Å². The van der Waals surface area contributed by atoms with Gasteiger partial charge in [-0.2, -0.15) is 0 Å². The van der Waals surface area contributed by atoms with E-state index < -0.39 is 0 Å². The van der Waals surface area contributed by atoms with Gasteiger partial charge < -0.3 is 0 Å². The van der Waals surface area contributed by atoms with Crippen LogP contribution in [0.5, 0.6) is 0 Å². The normalized spacial score (nSPS) is 19.3. The maximum Gasteiger partial charge on any atom is 0.262 e. The first kappa shape index (κ1) is 13.0. The van der Waals surface area contributed by atoms with Gasteiger partial charge in [0.1, 0.15) is 6.29 Å². The third-order valence-corrected chi connectivity index (χ3v) is 4.49. The summed E-state index contributed by atoms with van der Waals surface area (Å²) in [5.41, 5.74) is 3.60. The predicted octanol–water partition coefficient (Wildman–Crippen LogP) is 2.78. The van der Waals surface area contributed by atoms with E-state index in [9.17, 15) is 14.4 Å². The summed E-state index contributed by atoms with van der Waals surface area (Å²) in [5.74, 6) is -0.448. The zero-order valence-electron chi connectivity index (χ0n) is 11.8. The number of carbonyl (C=O) groups excluding carboxylic acids is 3. The number of benzene rings is 2. The number of nitrogens with zero attached hydrogens (tertiary/aromatic N) is 1. The molecule has 2 amide bonds. The van der Waals surface area contributed by atoms with Crippen molar-refractivity contribution in [3.05, 3.63) is 70.3 Å². The van der Waals surface area contributed by atoms with E-state index in [-0.39, 0.29) is 17.9 Å². The smallest absolute Gasteiger partial charge is 0.262 e. The van der Waals surface area contributed by atoms with Gasteiger partial charge >= 0.3 is 0 Å². The molecule has 1 aliphatic heterocycles. The van der Waals surface area contributed by atoms with E-state index in [1.165, 1.54) is 4.90 Å². The Morgan fingerprint density at radius 3 is 2.32 bits per heavy atom. The van der Waals surface area contributed by atoms with Gasteiger partial charge in [-0.05, 0) is 42.2 Å². The van der Waals surface area contributed by atoms with Gasteiger partial charge in [0.2, 0.25) is 0 Å². The first-order valence-electron chi connectivity index (χ1n) is 7.25. The minimum absolute atomic E-state index is 0.224. The molecule has 2 aromatic carbocycles. The highest BCUT2D eigenvalue weighted by Crippen LogP contribution is 2.40. The van der Waals surface area contributed by atoms with E-state index in [0.717, 1.165) is 23.8 Å². The number of rotatable bonds is 2. The van der Waals surface area contributed by atoms with Crippen LogP contribution in [0.2, 0.25) is 0 Å². The molecule has 0 bridgehead atoms. The number of aldehydes is 1. The van der Waals surface area contributed by atoms with Crippen molar-refractivity contribution < 1.29 is 14.4 Å². The Labute approximate surface area is 127 Å². The average Bonchev–Trinajstić information content (AvgIpc) is 3.07.